The van der Waals surface area contributed by atoms with Crippen molar-refractivity contribution in [2.24, 2.45) is 0 Å². The Morgan fingerprint density at radius 1 is 0.582 bits per heavy atom. The van der Waals surface area contributed by atoms with Gasteiger partial charge in [-0.25, -0.2) is 4.57 Å². The second-order valence-corrected chi connectivity index (χ2v) is 15.4. The Labute approximate surface area is 335 Å². The molecule has 9 nitrogen and oxygen atoms in total. The number of hydrogen-bond donors (Lipinski definition) is 3. The van der Waals surface area contributed by atoms with Crippen LogP contribution >= 0.6 is 7.82 Å². The van der Waals surface area contributed by atoms with Gasteiger partial charge in [0.05, 0.1) is 13.2 Å². The maximum absolute atomic E-state index is 12.1. The van der Waals surface area contributed by atoms with Crippen molar-refractivity contribution >= 4 is 19.7 Å². The van der Waals surface area contributed by atoms with E-state index in [1.165, 1.54) is 51.4 Å². The lowest BCUT2D eigenvalue weighted by atomic mass is 10.1. The Balaban J connectivity index is 3.67. The number of phosphoric ester groups is 1. The maximum Gasteiger partial charge on any atom is 0.472 e. The Morgan fingerprint density at radius 2 is 1.04 bits per heavy atom. The Morgan fingerprint density at radius 3 is 1.56 bits per heavy atom. The van der Waals surface area contributed by atoms with Crippen molar-refractivity contribution in [1.82, 2.24) is 5.32 Å². The Kier molecular flexibility index (Phi) is 39.2. The van der Waals surface area contributed by atoms with Crippen molar-refractivity contribution < 1.29 is 37.9 Å². The van der Waals surface area contributed by atoms with Crippen LogP contribution in [0.25, 0.3) is 0 Å². The second kappa shape index (κ2) is 41.1. The minimum atomic E-state index is -4.42. The van der Waals surface area contributed by atoms with Crippen LogP contribution in [0.1, 0.15) is 168 Å². The quantitative estimate of drug-likeness (QED) is 0.0243. The van der Waals surface area contributed by atoms with Crippen molar-refractivity contribution in [3.63, 3.8) is 0 Å². The molecular formula is C45H78NO8P. The highest BCUT2D eigenvalue weighted by molar-refractivity contribution is 7.47. The third-order valence-electron chi connectivity index (χ3n) is 8.65. The highest BCUT2D eigenvalue weighted by Gasteiger charge is 2.23. The summed E-state index contributed by atoms with van der Waals surface area (Å²) in [6, 6.07) is 0. The highest BCUT2D eigenvalue weighted by atomic mass is 31.2. The Hall–Kier alpha value is -2.55. The van der Waals surface area contributed by atoms with E-state index in [0.717, 1.165) is 89.9 Å². The number of carbonyl (C=O) groups is 2. The average Bonchev–Trinajstić information content (AvgIpc) is 3.17. The van der Waals surface area contributed by atoms with Crippen LogP contribution in [0.3, 0.4) is 0 Å². The molecule has 0 aliphatic carbocycles. The molecule has 0 fully saturated rings. The number of aliphatic hydroxyl groups excluding tert-OH is 1. The molecule has 0 rings (SSSR count). The number of hydrogen-bond acceptors (Lipinski definition) is 7. The molecule has 0 aromatic heterocycles. The Bertz CT molecular complexity index is 1130. The molecule has 0 aliphatic rings. The van der Waals surface area contributed by atoms with Gasteiger partial charge in [0, 0.05) is 19.4 Å². The predicted octanol–water partition coefficient (Wildman–Crippen LogP) is 11.9. The summed E-state index contributed by atoms with van der Waals surface area (Å²) in [4.78, 5) is 33.8. The first kappa shape index (κ1) is 52.5. The van der Waals surface area contributed by atoms with Crippen LogP contribution in [0.15, 0.2) is 72.9 Å². The van der Waals surface area contributed by atoms with E-state index < -0.39 is 26.5 Å². The number of nitrogens with one attached hydrogen (secondary N) is 1. The zero-order chi connectivity index (χ0) is 40.3. The molecule has 0 radical (unpaired) electrons. The lowest BCUT2D eigenvalue weighted by Gasteiger charge is -2.15. The number of carbonyl (C=O) groups excluding carboxylic acids is 2. The van der Waals surface area contributed by atoms with Gasteiger partial charge in [-0.2, -0.15) is 0 Å². The van der Waals surface area contributed by atoms with Gasteiger partial charge in [-0.05, 0) is 64.2 Å². The molecule has 316 valence electrons. The van der Waals surface area contributed by atoms with Crippen molar-refractivity contribution in [1.29, 1.82) is 0 Å². The van der Waals surface area contributed by atoms with E-state index >= 15 is 0 Å². The number of amides is 1. The van der Waals surface area contributed by atoms with Gasteiger partial charge in [-0.15, -0.1) is 0 Å². The van der Waals surface area contributed by atoms with E-state index in [4.69, 9.17) is 13.8 Å². The van der Waals surface area contributed by atoms with Gasteiger partial charge in [0.15, 0.2) is 0 Å². The topological polar surface area (TPSA) is 131 Å². The smallest absolute Gasteiger partial charge is 0.463 e. The lowest BCUT2D eigenvalue weighted by molar-refractivity contribution is -0.147. The van der Waals surface area contributed by atoms with Gasteiger partial charge in [0.1, 0.15) is 12.7 Å². The molecule has 0 aromatic rings. The standard InChI is InChI=1S/C45H78NO8P/c1-3-5-7-9-11-13-15-16-17-18-19-20-21-22-23-24-25-26-28-29-31-33-35-37-44(48)46-39-40-53-55(50,51)54-42-43(47)41-52-45(49)38-36-34-32-30-27-14-12-10-8-6-4-2/h5,7,11,13,16-17,19-20,22-23,25-26,43,47H,3-4,6,8-10,12,14-15,18,21,24,27-42H2,1-2H3,(H,46,48)(H,50,51)/b7-5-,13-11-,17-16-,20-19-,23-22-,26-25-. The monoisotopic (exact) mass is 792 g/mol. The molecule has 2 atom stereocenters. The zero-order valence-electron chi connectivity index (χ0n) is 34.6. The summed E-state index contributed by atoms with van der Waals surface area (Å²) in [5.41, 5.74) is 0. The van der Waals surface area contributed by atoms with Gasteiger partial charge >= 0.3 is 13.8 Å². The fourth-order valence-electron chi connectivity index (χ4n) is 5.44. The largest absolute Gasteiger partial charge is 0.472 e. The number of ether oxygens (including phenoxy) is 1. The fraction of sp³-hybridized carbons (Fsp3) is 0.689. The molecular weight excluding hydrogens is 713 g/mol. The van der Waals surface area contributed by atoms with Crippen LogP contribution < -0.4 is 5.32 Å². The lowest BCUT2D eigenvalue weighted by Crippen LogP contribution is -2.27. The number of rotatable bonds is 39. The number of allylic oxidation sites excluding steroid dienone is 12. The first-order valence-corrected chi connectivity index (χ1v) is 22.9. The molecule has 0 bridgehead atoms. The molecule has 0 spiro atoms. The average molecular weight is 792 g/mol. The van der Waals surface area contributed by atoms with Gasteiger partial charge in [-0.1, -0.05) is 164 Å². The summed E-state index contributed by atoms with van der Waals surface area (Å²) >= 11 is 0. The second-order valence-electron chi connectivity index (χ2n) is 13.9. The van der Waals surface area contributed by atoms with Crippen molar-refractivity contribution in [2.45, 2.75) is 174 Å². The van der Waals surface area contributed by atoms with Crippen LogP contribution in [-0.2, 0) is 27.9 Å². The zero-order valence-corrected chi connectivity index (χ0v) is 35.5. The summed E-state index contributed by atoms with van der Waals surface area (Å²) in [6.07, 6.45) is 49.8. The molecule has 0 heterocycles. The van der Waals surface area contributed by atoms with Crippen molar-refractivity contribution in [3.8, 4) is 0 Å². The van der Waals surface area contributed by atoms with E-state index in [2.05, 4.69) is 92.1 Å². The summed E-state index contributed by atoms with van der Waals surface area (Å²) in [6.45, 7) is 3.38. The number of unbranched alkanes of at least 4 members (excludes halogenated alkanes) is 14. The molecule has 0 aliphatic heterocycles. The molecule has 3 N–H and O–H groups in total. The molecule has 0 saturated heterocycles. The van der Waals surface area contributed by atoms with E-state index in [1.54, 1.807) is 0 Å². The molecule has 55 heavy (non-hydrogen) atoms. The first-order chi connectivity index (χ1) is 26.8. The molecule has 10 heteroatoms. The van der Waals surface area contributed by atoms with Crippen LogP contribution in [-0.4, -0.2) is 54.3 Å². The third kappa shape index (κ3) is 42.4. The van der Waals surface area contributed by atoms with Gasteiger partial charge in [0.25, 0.3) is 0 Å². The number of phosphoric acid groups is 1. The van der Waals surface area contributed by atoms with Gasteiger partial charge in [-0.3, -0.25) is 18.6 Å². The van der Waals surface area contributed by atoms with Crippen LogP contribution in [0.5, 0.6) is 0 Å². The van der Waals surface area contributed by atoms with E-state index in [0.29, 0.717) is 6.42 Å². The van der Waals surface area contributed by atoms with Crippen LogP contribution in [0.2, 0.25) is 0 Å². The summed E-state index contributed by atoms with van der Waals surface area (Å²) in [5.74, 6) is -0.547. The molecule has 2 unspecified atom stereocenters. The van der Waals surface area contributed by atoms with Crippen LogP contribution in [0.4, 0.5) is 0 Å². The SMILES string of the molecule is CC/C=C\C/C=C\C/C=C\C/C=C\C/C=C\C/C=C\CCCCCCC(=O)NCCOP(=O)(O)OCC(O)COC(=O)CCCCCCCCCCCCC. The maximum atomic E-state index is 12.1. The van der Waals surface area contributed by atoms with Gasteiger partial charge in [0.2, 0.25) is 5.91 Å². The normalized spacial score (nSPS) is 14.0. The predicted molar refractivity (Wildman–Crippen MR) is 229 cm³/mol. The van der Waals surface area contributed by atoms with E-state index in [9.17, 15) is 24.2 Å². The fourth-order valence-corrected chi connectivity index (χ4v) is 6.20. The van der Waals surface area contributed by atoms with E-state index in [1.807, 2.05) is 0 Å². The molecule has 1 amide bonds. The van der Waals surface area contributed by atoms with Crippen molar-refractivity contribution in [2.75, 3.05) is 26.4 Å². The number of aliphatic hydroxyl groups is 1. The molecule has 0 aromatic carbocycles. The minimum absolute atomic E-state index is 0.0641. The molecule has 0 saturated carbocycles. The number of esters is 1. The van der Waals surface area contributed by atoms with Crippen molar-refractivity contribution in [3.05, 3.63) is 72.9 Å². The summed E-state index contributed by atoms with van der Waals surface area (Å²) < 4.78 is 26.8. The third-order valence-corrected chi connectivity index (χ3v) is 9.64. The summed E-state index contributed by atoms with van der Waals surface area (Å²) in [5, 5.41) is 12.6. The van der Waals surface area contributed by atoms with Gasteiger partial charge < -0.3 is 20.1 Å². The summed E-state index contributed by atoms with van der Waals surface area (Å²) in [7, 11) is -4.42. The minimum Gasteiger partial charge on any atom is -0.463 e. The highest BCUT2D eigenvalue weighted by Crippen LogP contribution is 2.42. The van der Waals surface area contributed by atoms with E-state index in [-0.39, 0.29) is 32.1 Å². The van der Waals surface area contributed by atoms with Crippen LogP contribution in [0, 0.1) is 0 Å². The first-order valence-electron chi connectivity index (χ1n) is 21.4.